The van der Waals surface area contributed by atoms with Crippen LogP contribution in [-0.2, 0) is 12.0 Å². The first kappa shape index (κ1) is 13.6. The van der Waals surface area contributed by atoms with E-state index in [1.54, 1.807) is 0 Å². The molecule has 0 N–H and O–H groups in total. The predicted molar refractivity (Wildman–Crippen MR) is 81.3 cm³/mol. The first-order valence-electron chi connectivity index (χ1n) is 6.97. The van der Waals surface area contributed by atoms with Gasteiger partial charge in [0.05, 0.1) is 0 Å². The van der Waals surface area contributed by atoms with Crippen molar-refractivity contribution in [3.8, 4) is 5.88 Å². The molecular formula is C17H18N2O2. The van der Waals surface area contributed by atoms with Crippen molar-refractivity contribution in [1.29, 1.82) is 0 Å². The van der Waals surface area contributed by atoms with Gasteiger partial charge in [-0.25, -0.2) is 9.97 Å². The van der Waals surface area contributed by atoms with Crippen LogP contribution in [0.2, 0.25) is 0 Å². The molecule has 3 aromatic rings. The number of aromatic nitrogens is 2. The number of hydrogen-bond acceptors (Lipinski definition) is 4. The lowest BCUT2D eigenvalue weighted by Crippen LogP contribution is -2.13. The van der Waals surface area contributed by atoms with Crippen LogP contribution in [0.1, 0.15) is 32.4 Å². The Hall–Kier alpha value is -2.36. The number of oxazole rings is 1. The maximum absolute atomic E-state index is 5.69. The van der Waals surface area contributed by atoms with Gasteiger partial charge in [-0.1, -0.05) is 39.0 Å². The van der Waals surface area contributed by atoms with Gasteiger partial charge in [0.1, 0.15) is 5.52 Å². The Morgan fingerprint density at radius 2 is 1.81 bits per heavy atom. The highest BCUT2D eigenvalue weighted by atomic mass is 16.5. The molecule has 4 heteroatoms. The minimum atomic E-state index is -0.00299. The Labute approximate surface area is 123 Å². The summed E-state index contributed by atoms with van der Waals surface area (Å²) in [6, 6.07) is 13.5. The number of benzene rings is 1. The number of para-hydroxylation sites is 2. The second kappa shape index (κ2) is 5.20. The fourth-order valence-corrected chi connectivity index (χ4v) is 2.03. The fraction of sp³-hybridized carbons (Fsp3) is 0.294. The quantitative estimate of drug-likeness (QED) is 0.725. The third-order valence-electron chi connectivity index (χ3n) is 3.17. The van der Waals surface area contributed by atoms with E-state index in [1.165, 1.54) is 0 Å². The molecule has 0 fully saturated rings. The standard InChI is InChI=1S/C17H18N2O2/c1-17(2,3)14-9-6-10-15(19-14)20-11-16-18-12-7-4-5-8-13(12)21-16/h4-10H,11H2,1-3H3. The third kappa shape index (κ3) is 3.05. The summed E-state index contributed by atoms with van der Waals surface area (Å²) in [5.74, 6) is 1.14. The molecule has 0 saturated heterocycles. The largest absolute Gasteiger partial charge is 0.468 e. The summed E-state index contributed by atoms with van der Waals surface area (Å²) >= 11 is 0. The predicted octanol–water partition coefficient (Wildman–Crippen LogP) is 4.10. The lowest BCUT2D eigenvalue weighted by Gasteiger charge is -2.18. The van der Waals surface area contributed by atoms with Gasteiger partial charge in [0.25, 0.3) is 0 Å². The van der Waals surface area contributed by atoms with E-state index in [-0.39, 0.29) is 12.0 Å². The second-order valence-electron chi connectivity index (χ2n) is 5.98. The van der Waals surface area contributed by atoms with Crippen LogP contribution in [0.5, 0.6) is 5.88 Å². The monoisotopic (exact) mass is 282 g/mol. The maximum Gasteiger partial charge on any atom is 0.233 e. The number of fused-ring (bicyclic) bond motifs is 1. The Bertz CT molecular complexity index is 724. The van der Waals surface area contributed by atoms with Crippen LogP contribution in [-0.4, -0.2) is 9.97 Å². The molecule has 0 saturated carbocycles. The summed E-state index contributed by atoms with van der Waals surface area (Å²) in [6.45, 7) is 6.65. The van der Waals surface area contributed by atoms with Crippen LogP contribution >= 0.6 is 0 Å². The van der Waals surface area contributed by atoms with Gasteiger partial charge in [-0.2, -0.15) is 0 Å². The molecule has 108 valence electrons. The van der Waals surface area contributed by atoms with E-state index in [2.05, 4.69) is 30.7 Å². The zero-order chi connectivity index (χ0) is 14.9. The van der Waals surface area contributed by atoms with Gasteiger partial charge in [-0.15, -0.1) is 0 Å². The van der Waals surface area contributed by atoms with Gasteiger partial charge in [0, 0.05) is 17.2 Å². The zero-order valence-corrected chi connectivity index (χ0v) is 12.5. The summed E-state index contributed by atoms with van der Waals surface area (Å²) in [5, 5.41) is 0. The number of rotatable bonds is 3. The molecule has 0 atom stereocenters. The number of hydrogen-bond donors (Lipinski definition) is 0. The van der Waals surface area contributed by atoms with Gasteiger partial charge in [0.2, 0.25) is 11.8 Å². The van der Waals surface area contributed by atoms with E-state index in [1.807, 2.05) is 42.5 Å². The highest BCUT2D eigenvalue weighted by Crippen LogP contribution is 2.22. The molecule has 2 aromatic heterocycles. The normalized spacial score (nSPS) is 11.8. The van der Waals surface area contributed by atoms with Crippen LogP contribution in [0, 0.1) is 0 Å². The summed E-state index contributed by atoms with van der Waals surface area (Å²) in [4.78, 5) is 8.90. The third-order valence-corrected chi connectivity index (χ3v) is 3.17. The minimum absolute atomic E-state index is 0.00299. The van der Waals surface area contributed by atoms with Crippen molar-refractivity contribution in [3.63, 3.8) is 0 Å². The average molecular weight is 282 g/mol. The van der Waals surface area contributed by atoms with Crippen molar-refractivity contribution < 1.29 is 9.15 Å². The van der Waals surface area contributed by atoms with Crippen molar-refractivity contribution in [2.75, 3.05) is 0 Å². The van der Waals surface area contributed by atoms with E-state index in [9.17, 15) is 0 Å². The molecule has 0 aliphatic heterocycles. The smallest absolute Gasteiger partial charge is 0.233 e. The van der Waals surface area contributed by atoms with Crippen LogP contribution < -0.4 is 4.74 Å². The summed E-state index contributed by atoms with van der Waals surface area (Å²) in [6.07, 6.45) is 0. The molecule has 21 heavy (non-hydrogen) atoms. The highest BCUT2D eigenvalue weighted by molar-refractivity contribution is 5.72. The molecule has 0 amide bonds. The highest BCUT2D eigenvalue weighted by Gasteiger charge is 2.16. The first-order valence-corrected chi connectivity index (χ1v) is 6.97. The number of pyridine rings is 1. The summed E-state index contributed by atoms with van der Waals surface area (Å²) in [7, 11) is 0. The molecule has 0 radical (unpaired) electrons. The number of ether oxygens (including phenoxy) is 1. The molecule has 3 rings (SSSR count). The molecule has 4 nitrogen and oxygen atoms in total. The van der Waals surface area contributed by atoms with Crippen LogP contribution in [0.4, 0.5) is 0 Å². The van der Waals surface area contributed by atoms with Crippen LogP contribution in [0.15, 0.2) is 46.9 Å². The van der Waals surface area contributed by atoms with Gasteiger partial charge >= 0.3 is 0 Å². The van der Waals surface area contributed by atoms with Gasteiger partial charge < -0.3 is 9.15 Å². The van der Waals surface area contributed by atoms with Gasteiger partial charge in [0.15, 0.2) is 12.2 Å². The fourth-order valence-electron chi connectivity index (χ4n) is 2.03. The minimum Gasteiger partial charge on any atom is -0.468 e. The number of nitrogens with zero attached hydrogens (tertiary/aromatic N) is 2. The van der Waals surface area contributed by atoms with Crippen molar-refractivity contribution in [2.45, 2.75) is 32.8 Å². The van der Waals surface area contributed by atoms with Crippen LogP contribution in [0.25, 0.3) is 11.1 Å². The molecule has 1 aromatic carbocycles. The van der Waals surface area contributed by atoms with Crippen LogP contribution in [0.3, 0.4) is 0 Å². The van der Waals surface area contributed by atoms with Crippen molar-refractivity contribution in [3.05, 3.63) is 54.0 Å². The lowest BCUT2D eigenvalue weighted by molar-refractivity contribution is 0.256. The lowest BCUT2D eigenvalue weighted by atomic mass is 9.92. The van der Waals surface area contributed by atoms with Crippen molar-refractivity contribution in [2.24, 2.45) is 0 Å². The first-order chi connectivity index (χ1) is 10.0. The molecule has 2 heterocycles. The summed E-state index contributed by atoms with van der Waals surface area (Å²) in [5.41, 5.74) is 2.61. The molecule has 0 unspecified atom stereocenters. The van der Waals surface area contributed by atoms with E-state index < -0.39 is 0 Å². The van der Waals surface area contributed by atoms with E-state index >= 15 is 0 Å². The average Bonchev–Trinajstić information content (AvgIpc) is 2.87. The van der Waals surface area contributed by atoms with E-state index in [4.69, 9.17) is 9.15 Å². The molecular weight excluding hydrogens is 264 g/mol. The molecule has 0 aliphatic rings. The van der Waals surface area contributed by atoms with Gasteiger partial charge in [-0.3, -0.25) is 0 Å². The van der Waals surface area contributed by atoms with Gasteiger partial charge in [-0.05, 0) is 18.2 Å². The second-order valence-corrected chi connectivity index (χ2v) is 5.98. The van der Waals surface area contributed by atoms with Crippen molar-refractivity contribution in [1.82, 2.24) is 9.97 Å². The Morgan fingerprint density at radius 3 is 2.57 bits per heavy atom. The SMILES string of the molecule is CC(C)(C)c1cccc(OCc2nc3ccccc3o2)n1. The van der Waals surface area contributed by atoms with E-state index in [0.29, 0.717) is 11.8 Å². The Morgan fingerprint density at radius 1 is 1.00 bits per heavy atom. The summed E-state index contributed by atoms with van der Waals surface area (Å²) < 4.78 is 11.3. The maximum atomic E-state index is 5.69. The zero-order valence-electron chi connectivity index (χ0n) is 12.5. The van der Waals surface area contributed by atoms with E-state index in [0.717, 1.165) is 16.8 Å². The Kier molecular flexibility index (Phi) is 3.37. The Balaban J connectivity index is 1.75. The van der Waals surface area contributed by atoms with Crippen molar-refractivity contribution >= 4 is 11.1 Å². The molecule has 0 bridgehead atoms. The molecule has 0 aliphatic carbocycles. The topological polar surface area (TPSA) is 48.2 Å². The molecule has 0 spiro atoms.